The van der Waals surface area contributed by atoms with E-state index in [2.05, 4.69) is 6.58 Å². The second kappa shape index (κ2) is 3.77. The van der Waals surface area contributed by atoms with Crippen molar-refractivity contribution in [1.82, 2.24) is 0 Å². The van der Waals surface area contributed by atoms with E-state index in [0.29, 0.717) is 13.2 Å². The van der Waals surface area contributed by atoms with Gasteiger partial charge in [0.15, 0.2) is 0 Å². The molecule has 1 aliphatic heterocycles. The molecule has 3 nitrogen and oxygen atoms in total. The molecule has 0 bridgehead atoms. The van der Waals surface area contributed by atoms with Crippen molar-refractivity contribution in [2.75, 3.05) is 18.1 Å². The van der Waals surface area contributed by atoms with Crippen LogP contribution in [0.2, 0.25) is 0 Å². The molecule has 1 aromatic rings. The first kappa shape index (κ1) is 9.77. The molecule has 78 valence electrons. The molecule has 15 heavy (non-hydrogen) atoms. The first-order chi connectivity index (χ1) is 7.24. The Morgan fingerprint density at radius 3 is 3.00 bits per heavy atom. The van der Waals surface area contributed by atoms with Gasteiger partial charge in [-0.1, -0.05) is 24.8 Å². The van der Waals surface area contributed by atoms with Crippen molar-refractivity contribution in [2.45, 2.75) is 6.92 Å². The van der Waals surface area contributed by atoms with Gasteiger partial charge < -0.3 is 4.74 Å². The van der Waals surface area contributed by atoms with Gasteiger partial charge in [0.2, 0.25) is 0 Å². The second-order valence-electron chi connectivity index (χ2n) is 3.41. The largest absolute Gasteiger partial charge is 0.449 e. The quantitative estimate of drug-likeness (QED) is 0.702. The topological polar surface area (TPSA) is 29.5 Å². The first-order valence-corrected chi connectivity index (χ1v) is 4.95. The van der Waals surface area contributed by atoms with Crippen LogP contribution in [-0.2, 0) is 4.74 Å². The summed E-state index contributed by atoms with van der Waals surface area (Å²) in [7, 11) is 0. The maximum atomic E-state index is 11.6. The third kappa shape index (κ3) is 1.61. The van der Waals surface area contributed by atoms with E-state index in [1.165, 1.54) is 0 Å². The van der Waals surface area contributed by atoms with Crippen molar-refractivity contribution in [2.24, 2.45) is 0 Å². The molecule has 0 fully saturated rings. The fourth-order valence-corrected chi connectivity index (χ4v) is 1.73. The molecule has 0 saturated carbocycles. The molecule has 0 radical (unpaired) electrons. The molecule has 3 heteroatoms. The predicted molar refractivity (Wildman–Crippen MR) is 59.8 cm³/mol. The van der Waals surface area contributed by atoms with Crippen molar-refractivity contribution in [3.05, 3.63) is 36.4 Å². The van der Waals surface area contributed by atoms with E-state index < -0.39 is 0 Å². The summed E-state index contributed by atoms with van der Waals surface area (Å²) in [4.78, 5) is 13.2. The number of para-hydroxylation sites is 1. The highest BCUT2D eigenvalue weighted by Crippen LogP contribution is 2.34. The number of amides is 1. The van der Waals surface area contributed by atoms with Gasteiger partial charge in [0.25, 0.3) is 0 Å². The van der Waals surface area contributed by atoms with Crippen LogP contribution >= 0.6 is 0 Å². The van der Waals surface area contributed by atoms with Crippen LogP contribution in [0.4, 0.5) is 10.5 Å². The number of benzene rings is 1. The lowest BCUT2D eigenvalue weighted by Gasteiger charge is -2.15. The van der Waals surface area contributed by atoms with Crippen molar-refractivity contribution in [3.8, 4) is 0 Å². The summed E-state index contributed by atoms with van der Waals surface area (Å²) in [5.41, 5.74) is 2.88. The third-order valence-electron chi connectivity index (χ3n) is 2.41. The van der Waals surface area contributed by atoms with Crippen LogP contribution in [0.5, 0.6) is 0 Å². The number of hydrogen-bond acceptors (Lipinski definition) is 2. The fraction of sp³-hybridized carbons (Fsp3) is 0.250. The Balaban J connectivity index is 2.32. The van der Waals surface area contributed by atoms with E-state index in [4.69, 9.17) is 4.74 Å². The Kier molecular flexibility index (Phi) is 2.46. The number of carbonyl (C=O) groups excluding carboxylic acids is 1. The zero-order chi connectivity index (χ0) is 10.8. The summed E-state index contributed by atoms with van der Waals surface area (Å²) in [6.45, 7) is 6.66. The number of anilines is 1. The van der Waals surface area contributed by atoms with Gasteiger partial charge in [-0.2, -0.15) is 0 Å². The molecule has 0 saturated heterocycles. The standard InChI is InChI=1S/C12H13NO2/c1-3-15-12(14)13-8-9(2)10-6-4-5-7-11(10)13/h4-7H,2-3,8H2,1H3. The molecule has 2 rings (SSSR count). The summed E-state index contributed by atoms with van der Waals surface area (Å²) in [6.07, 6.45) is -0.302. The lowest BCUT2D eigenvalue weighted by Crippen LogP contribution is -2.29. The minimum Gasteiger partial charge on any atom is -0.449 e. The smallest absolute Gasteiger partial charge is 0.414 e. The van der Waals surface area contributed by atoms with Crippen LogP contribution in [0, 0.1) is 0 Å². The molecule has 0 N–H and O–H groups in total. The number of carbonyl (C=O) groups is 1. The van der Waals surface area contributed by atoms with Gasteiger partial charge >= 0.3 is 6.09 Å². The van der Waals surface area contributed by atoms with E-state index in [-0.39, 0.29) is 6.09 Å². The van der Waals surface area contributed by atoms with Gasteiger partial charge in [-0.3, -0.25) is 4.90 Å². The van der Waals surface area contributed by atoms with E-state index in [9.17, 15) is 4.79 Å². The van der Waals surface area contributed by atoms with Crippen molar-refractivity contribution >= 4 is 17.4 Å². The highest BCUT2D eigenvalue weighted by atomic mass is 16.6. The maximum Gasteiger partial charge on any atom is 0.414 e. The van der Waals surface area contributed by atoms with E-state index in [0.717, 1.165) is 16.8 Å². The first-order valence-electron chi connectivity index (χ1n) is 4.95. The molecule has 1 amide bonds. The van der Waals surface area contributed by atoms with Crippen LogP contribution in [-0.4, -0.2) is 19.2 Å². The summed E-state index contributed by atoms with van der Waals surface area (Å²) < 4.78 is 4.98. The Morgan fingerprint density at radius 2 is 2.27 bits per heavy atom. The average molecular weight is 203 g/mol. The summed E-state index contributed by atoms with van der Waals surface area (Å²) >= 11 is 0. The highest BCUT2D eigenvalue weighted by Gasteiger charge is 2.27. The van der Waals surface area contributed by atoms with Crippen molar-refractivity contribution < 1.29 is 9.53 Å². The van der Waals surface area contributed by atoms with Gasteiger partial charge in [-0.15, -0.1) is 0 Å². The van der Waals surface area contributed by atoms with Crippen molar-refractivity contribution in [1.29, 1.82) is 0 Å². The second-order valence-corrected chi connectivity index (χ2v) is 3.41. The molecular formula is C12H13NO2. The van der Waals surface area contributed by atoms with Gasteiger partial charge in [-0.25, -0.2) is 4.79 Å². The number of hydrogen-bond donors (Lipinski definition) is 0. The van der Waals surface area contributed by atoms with Crippen LogP contribution in [0.1, 0.15) is 12.5 Å². The zero-order valence-electron chi connectivity index (χ0n) is 8.69. The highest BCUT2D eigenvalue weighted by molar-refractivity contribution is 5.99. The summed E-state index contributed by atoms with van der Waals surface area (Å²) in [6, 6.07) is 7.73. The molecule has 0 spiro atoms. The van der Waals surface area contributed by atoms with Gasteiger partial charge in [0.1, 0.15) is 0 Å². The van der Waals surface area contributed by atoms with Crippen molar-refractivity contribution in [3.63, 3.8) is 0 Å². The van der Waals surface area contributed by atoms with E-state index in [1.807, 2.05) is 24.3 Å². The Bertz CT molecular complexity index is 412. The Hall–Kier alpha value is -1.77. The lowest BCUT2D eigenvalue weighted by atomic mass is 10.1. The molecule has 1 aromatic carbocycles. The summed E-state index contributed by atoms with van der Waals surface area (Å²) in [5, 5.41) is 0. The minimum atomic E-state index is -0.302. The third-order valence-corrected chi connectivity index (χ3v) is 2.41. The fourth-order valence-electron chi connectivity index (χ4n) is 1.73. The monoisotopic (exact) mass is 203 g/mol. The molecule has 0 aromatic heterocycles. The Morgan fingerprint density at radius 1 is 1.53 bits per heavy atom. The predicted octanol–water partition coefficient (Wildman–Crippen LogP) is 2.68. The zero-order valence-corrected chi connectivity index (χ0v) is 8.69. The SMILES string of the molecule is C=C1CN(C(=O)OCC)c2ccccc21. The van der Waals surface area contributed by atoms with Crippen LogP contribution in [0.15, 0.2) is 30.8 Å². The number of nitrogens with zero attached hydrogens (tertiary/aromatic N) is 1. The van der Waals surface area contributed by atoms with Gasteiger partial charge in [0.05, 0.1) is 18.8 Å². The normalized spacial score (nSPS) is 13.9. The molecule has 0 atom stereocenters. The van der Waals surface area contributed by atoms with Crippen LogP contribution < -0.4 is 4.90 Å². The van der Waals surface area contributed by atoms with Crippen LogP contribution in [0.25, 0.3) is 5.57 Å². The van der Waals surface area contributed by atoms with Gasteiger partial charge in [0, 0.05) is 5.56 Å². The molecule has 1 heterocycles. The minimum absolute atomic E-state index is 0.302. The van der Waals surface area contributed by atoms with Gasteiger partial charge in [-0.05, 0) is 18.6 Å². The van der Waals surface area contributed by atoms with E-state index >= 15 is 0 Å². The number of rotatable bonds is 1. The molecule has 1 aliphatic rings. The maximum absolute atomic E-state index is 11.6. The average Bonchev–Trinajstić information content (AvgIpc) is 2.58. The number of fused-ring (bicyclic) bond motifs is 1. The molecule has 0 aliphatic carbocycles. The molecular weight excluding hydrogens is 190 g/mol. The lowest BCUT2D eigenvalue weighted by molar-refractivity contribution is 0.161. The number of ether oxygens (including phenoxy) is 1. The Labute approximate surface area is 89.0 Å². The van der Waals surface area contributed by atoms with Crippen LogP contribution in [0.3, 0.4) is 0 Å². The molecule has 0 unspecified atom stereocenters. The van der Waals surface area contributed by atoms with E-state index in [1.54, 1.807) is 11.8 Å². The summed E-state index contributed by atoms with van der Waals surface area (Å²) in [5.74, 6) is 0.